The molecule has 3 aromatic carbocycles. The SMILES string of the molecule is C=CC(=O)C(=O)Oc1ccc(N(c2ccc(C)cc2)c2ccc(OC(=O)C(=O)C=C)cc2)cc1. The van der Waals surface area contributed by atoms with Gasteiger partial charge in [0.05, 0.1) is 0 Å². The minimum Gasteiger partial charge on any atom is -0.421 e. The molecular weight excluding hydrogens is 434 g/mol. The third-order valence-electron chi connectivity index (χ3n) is 4.68. The number of aryl methyl sites for hydroxylation is 1. The predicted octanol–water partition coefficient (Wildman–Crippen LogP) is 4.79. The number of benzene rings is 3. The van der Waals surface area contributed by atoms with E-state index in [0.29, 0.717) is 0 Å². The summed E-state index contributed by atoms with van der Waals surface area (Å²) in [4.78, 5) is 48.1. The zero-order valence-electron chi connectivity index (χ0n) is 18.4. The van der Waals surface area contributed by atoms with Crippen LogP contribution in [-0.2, 0) is 19.2 Å². The lowest BCUT2D eigenvalue weighted by Gasteiger charge is -2.26. The molecule has 0 radical (unpaired) electrons. The molecule has 34 heavy (non-hydrogen) atoms. The molecule has 3 aromatic rings. The number of carbonyl (C=O) groups excluding carboxylic acids is 4. The van der Waals surface area contributed by atoms with Gasteiger partial charge < -0.3 is 14.4 Å². The van der Waals surface area contributed by atoms with Crippen LogP contribution in [0.15, 0.2) is 98.1 Å². The Balaban J connectivity index is 1.91. The number of nitrogens with zero attached hydrogens (tertiary/aromatic N) is 1. The molecule has 7 heteroatoms. The first-order valence-corrected chi connectivity index (χ1v) is 10.2. The van der Waals surface area contributed by atoms with Crippen molar-refractivity contribution in [2.75, 3.05) is 4.90 Å². The Kier molecular flexibility index (Phi) is 7.51. The van der Waals surface area contributed by atoms with Gasteiger partial charge in [-0.3, -0.25) is 9.59 Å². The number of rotatable bonds is 9. The second-order valence-electron chi connectivity index (χ2n) is 7.07. The van der Waals surface area contributed by atoms with Crippen molar-refractivity contribution in [3.05, 3.63) is 104 Å². The van der Waals surface area contributed by atoms with Gasteiger partial charge in [-0.05, 0) is 79.7 Å². The van der Waals surface area contributed by atoms with Gasteiger partial charge in [0.2, 0.25) is 0 Å². The van der Waals surface area contributed by atoms with E-state index in [4.69, 9.17) is 9.47 Å². The molecular formula is C27H21NO6. The van der Waals surface area contributed by atoms with Crippen molar-refractivity contribution in [3.63, 3.8) is 0 Å². The van der Waals surface area contributed by atoms with E-state index in [-0.39, 0.29) is 11.5 Å². The highest BCUT2D eigenvalue weighted by Crippen LogP contribution is 2.36. The van der Waals surface area contributed by atoms with Gasteiger partial charge in [-0.1, -0.05) is 30.9 Å². The summed E-state index contributed by atoms with van der Waals surface area (Å²) in [6.45, 7) is 8.51. The maximum absolute atomic E-state index is 11.7. The summed E-state index contributed by atoms with van der Waals surface area (Å²) in [5.74, 6) is -3.28. The molecule has 0 N–H and O–H groups in total. The fourth-order valence-corrected chi connectivity index (χ4v) is 2.95. The van der Waals surface area contributed by atoms with Crippen LogP contribution in [0.2, 0.25) is 0 Å². The summed E-state index contributed by atoms with van der Waals surface area (Å²) in [5, 5.41) is 0. The van der Waals surface area contributed by atoms with Gasteiger partial charge in [0, 0.05) is 17.1 Å². The van der Waals surface area contributed by atoms with Crippen LogP contribution in [-0.4, -0.2) is 23.5 Å². The highest BCUT2D eigenvalue weighted by atomic mass is 16.5. The van der Waals surface area contributed by atoms with E-state index in [2.05, 4.69) is 13.2 Å². The molecule has 0 spiro atoms. The molecule has 0 bridgehead atoms. The molecule has 0 aliphatic carbocycles. The Hall–Kier alpha value is -4.78. The minimum absolute atomic E-state index is 0.210. The molecule has 0 amide bonds. The van der Waals surface area contributed by atoms with Crippen molar-refractivity contribution >= 4 is 40.6 Å². The summed E-state index contributed by atoms with van der Waals surface area (Å²) in [6.07, 6.45) is 1.79. The van der Waals surface area contributed by atoms with E-state index in [9.17, 15) is 19.2 Å². The molecule has 0 saturated carbocycles. The van der Waals surface area contributed by atoms with Gasteiger partial charge in [-0.25, -0.2) is 9.59 Å². The van der Waals surface area contributed by atoms with E-state index in [0.717, 1.165) is 34.8 Å². The number of esters is 2. The first-order valence-electron chi connectivity index (χ1n) is 10.2. The summed E-state index contributed by atoms with van der Waals surface area (Å²) in [5.41, 5.74) is 3.42. The average Bonchev–Trinajstić information content (AvgIpc) is 2.86. The molecule has 0 aliphatic heterocycles. The van der Waals surface area contributed by atoms with Crippen molar-refractivity contribution in [2.45, 2.75) is 6.92 Å². The molecule has 3 rings (SSSR count). The van der Waals surface area contributed by atoms with E-state index in [1.807, 2.05) is 36.1 Å². The second kappa shape index (κ2) is 10.7. The van der Waals surface area contributed by atoms with Gasteiger partial charge >= 0.3 is 11.9 Å². The lowest BCUT2D eigenvalue weighted by atomic mass is 10.1. The molecule has 170 valence electrons. The maximum atomic E-state index is 11.7. The van der Waals surface area contributed by atoms with Crippen LogP contribution >= 0.6 is 0 Å². The van der Waals surface area contributed by atoms with Gasteiger partial charge in [0.25, 0.3) is 11.6 Å². The molecule has 0 saturated heterocycles. The van der Waals surface area contributed by atoms with Crippen LogP contribution in [0.3, 0.4) is 0 Å². The van der Waals surface area contributed by atoms with Crippen molar-refractivity contribution in [3.8, 4) is 11.5 Å². The Morgan fingerprint density at radius 3 is 1.26 bits per heavy atom. The molecule has 0 aliphatic rings. The van der Waals surface area contributed by atoms with Crippen LogP contribution in [0.1, 0.15) is 5.56 Å². The Bertz CT molecular complexity index is 1160. The zero-order valence-corrected chi connectivity index (χ0v) is 18.4. The van der Waals surface area contributed by atoms with Crippen LogP contribution in [0.25, 0.3) is 0 Å². The highest BCUT2D eigenvalue weighted by Gasteiger charge is 2.16. The van der Waals surface area contributed by atoms with Crippen molar-refractivity contribution in [2.24, 2.45) is 0 Å². The second-order valence-corrected chi connectivity index (χ2v) is 7.07. The fourth-order valence-electron chi connectivity index (χ4n) is 2.95. The van der Waals surface area contributed by atoms with E-state index in [1.165, 1.54) is 0 Å². The average molecular weight is 455 g/mol. The highest BCUT2D eigenvalue weighted by molar-refractivity contribution is 6.39. The van der Waals surface area contributed by atoms with Crippen molar-refractivity contribution in [1.82, 2.24) is 0 Å². The van der Waals surface area contributed by atoms with Gasteiger partial charge in [0.1, 0.15) is 11.5 Å². The van der Waals surface area contributed by atoms with Gasteiger partial charge in [-0.2, -0.15) is 0 Å². The number of hydrogen-bond donors (Lipinski definition) is 0. The molecule has 0 aromatic heterocycles. The van der Waals surface area contributed by atoms with E-state index >= 15 is 0 Å². The first kappa shape index (κ1) is 23.9. The minimum atomic E-state index is -1.02. The smallest absolute Gasteiger partial charge is 0.384 e. The molecule has 0 atom stereocenters. The van der Waals surface area contributed by atoms with Crippen LogP contribution in [0.4, 0.5) is 17.1 Å². The maximum Gasteiger partial charge on any atom is 0.384 e. The predicted molar refractivity (Wildman–Crippen MR) is 128 cm³/mol. The third-order valence-corrected chi connectivity index (χ3v) is 4.68. The van der Waals surface area contributed by atoms with E-state index in [1.54, 1.807) is 48.5 Å². The quantitative estimate of drug-likeness (QED) is 0.198. The standard InChI is InChI=1S/C27H21NO6/c1-4-24(29)26(31)33-22-14-10-20(11-15-22)28(19-8-6-18(3)7-9-19)21-12-16-23(17-13-21)34-27(32)25(30)5-2/h4-17H,1-2H2,3H3. The Labute approximate surface area is 196 Å². The zero-order chi connectivity index (χ0) is 24.7. The number of ether oxygens (including phenoxy) is 2. The lowest BCUT2D eigenvalue weighted by Crippen LogP contribution is -2.18. The summed E-state index contributed by atoms with van der Waals surface area (Å²) < 4.78 is 10.1. The first-order chi connectivity index (χ1) is 16.3. The Morgan fingerprint density at radius 1 is 0.618 bits per heavy atom. The van der Waals surface area contributed by atoms with E-state index < -0.39 is 23.5 Å². The lowest BCUT2D eigenvalue weighted by molar-refractivity contribution is -0.144. The van der Waals surface area contributed by atoms with Crippen molar-refractivity contribution in [1.29, 1.82) is 0 Å². The van der Waals surface area contributed by atoms with Gasteiger partial charge in [0.15, 0.2) is 0 Å². The monoisotopic (exact) mass is 455 g/mol. The summed E-state index contributed by atoms with van der Waals surface area (Å²) in [7, 11) is 0. The largest absolute Gasteiger partial charge is 0.421 e. The number of anilines is 3. The van der Waals surface area contributed by atoms with Crippen LogP contribution < -0.4 is 14.4 Å². The number of ketones is 2. The molecule has 0 heterocycles. The fraction of sp³-hybridized carbons (Fsp3) is 0.0370. The normalized spacial score (nSPS) is 10.0. The van der Waals surface area contributed by atoms with Gasteiger partial charge in [-0.15, -0.1) is 0 Å². The third kappa shape index (κ3) is 5.72. The Morgan fingerprint density at radius 2 is 0.941 bits per heavy atom. The summed E-state index contributed by atoms with van der Waals surface area (Å²) >= 11 is 0. The topological polar surface area (TPSA) is 90.0 Å². The molecule has 0 fully saturated rings. The number of hydrogen-bond acceptors (Lipinski definition) is 7. The van der Waals surface area contributed by atoms with Crippen molar-refractivity contribution < 1.29 is 28.7 Å². The summed E-state index contributed by atoms with van der Waals surface area (Å²) in [6, 6.07) is 21.1. The van der Waals surface area contributed by atoms with Crippen LogP contribution in [0.5, 0.6) is 11.5 Å². The molecule has 7 nitrogen and oxygen atoms in total. The van der Waals surface area contributed by atoms with Crippen LogP contribution in [0, 0.1) is 6.92 Å². The molecule has 0 unspecified atom stereocenters. The number of carbonyl (C=O) groups is 4.